The van der Waals surface area contributed by atoms with E-state index in [4.69, 9.17) is 37.7 Å². The van der Waals surface area contributed by atoms with Gasteiger partial charge in [0.05, 0.1) is 47.4 Å². The summed E-state index contributed by atoms with van der Waals surface area (Å²) in [7, 11) is 1.63. The van der Waals surface area contributed by atoms with Crippen LogP contribution in [0.5, 0.6) is 11.5 Å². The first-order valence-electron chi connectivity index (χ1n) is 18.1. The zero-order valence-corrected chi connectivity index (χ0v) is 30.5. The minimum absolute atomic E-state index is 0.0321. The normalized spacial score (nSPS) is 23.6. The number of nitrogens with zero attached hydrogens (tertiary/aromatic N) is 4. The first-order valence-corrected chi connectivity index (χ1v) is 18.8. The van der Waals surface area contributed by atoms with Crippen LogP contribution in [0.1, 0.15) is 61.1 Å². The van der Waals surface area contributed by atoms with E-state index in [0.29, 0.717) is 69.6 Å². The molecule has 3 aliphatic heterocycles. The fourth-order valence-corrected chi connectivity index (χ4v) is 9.36. The Kier molecular flexibility index (Phi) is 8.33. The molecule has 0 spiro atoms. The van der Waals surface area contributed by atoms with Crippen LogP contribution < -0.4 is 14.8 Å². The number of likely N-dealkylation sites (tertiary alicyclic amines) is 1. The number of ether oxygens (including phenoxy) is 2. The highest BCUT2D eigenvalue weighted by Gasteiger charge is 2.51. The van der Waals surface area contributed by atoms with Gasteiger partial charge in [0, 0.05) is 64.6 Å². The van der Waals surface area contributed by atoms with Crippen molar-refractivity contribution in [3.05, 3.63) is 87.4 Å². The number of amides is 1. The molecule has 5 fully saturated rings. The van der Waals surface area contributed by atoms with E-state index in [1.807, 2.05) is 42.2 Å². The predicted molar refractivity (Wildman–Crippen MR) is 199 cm³/mol. The number of hydrogen-bond acceptors (Lipinski definition) is 6. The molecule has 1 amide bonds. The molecule has 3 aromatic carbocycles. The maximum Gasteiger partial charge on any atom is 0.226 e. The molecule has 11 heteroatoms. The Morgan fingerprint density at radius 2 is 1.90 bits per heavy atom. The molecule has 5 heterocycles. The lowest BCUT2D eigenvalue weighted by Crippen LogP contribution is -2.41. The van der Waals surface area contributed by atoms with Gasteiger partial charge in [-0.1, -0.05) is 47.5 Å². The molecule has 2 bridgehead atoms. The number of methoxy groups -OCH3 is 1. The summed E-state index contributed by atoms with van der Waals surface area (Å²) in [4.78, 5) is 21.0. The number of nitrogens with one attached hydrogen (secondary N) is 1. The Morgan fingerprint density at radius 1 is 1.10 bits per heavy atom. The summed E-state index contributed by atoms with van der Waals surface area (Å²) in [5.41, 5.74) is 4.35. The lowest BCUT2D eigenvalue weighted by molar-refractivity contribution is -0.133. The van der Waals surface area contributed by atoms with Crippen molar-refractivity contribution in [1.29, 1.82) is 5.26 Å². The largest absolute Gasteiger partial charge is 0.493 e. The van der Waals surface area contributed by atoms with E-state index in [2.05, 4.69) is 22.0 Å². The predicted octanol–water partition coefficient (Wildman–Crippen LogP) is 8.74. The standard InChI is InChI=1S/C41H38Cl2FN5O3/c1-21-27-18-32(31-17-25(20-48(31)41(50)22-12-13-22)52-34-11-4-3-10-33(34)51-2)49(39-24-16-30(39)46-19-24)40(27)28-15-23(7-6-14-45)35(37(44)38(28)47-21)26-8-5-9-29(42)36(26)43/h3-5,8-11,15,18,22,24-25,30-31,39,46H,6-7,12-13,16-17,19-20H2,1-2H3. The van der Waals surface area contributed by atoms with E-state index in [0.717, 1.165) is 42.4 Å². The molecule has 3 saturated heterocycles. The van der Waals surface area contributed by atoms with Crippen LogP contribution in [0.25, 0.3) is 32.9 Å². The smallest absolute Gasteiger partial charge is 0.226 e. The van der Waals surface area contributed by atoms with Gasteiger partial charge in [-0.15, -0.1) is 0 Å². The van der Waals surface area contributed by atoms with Gasteiger partial charge in [0.2, 0.25) is 5.91 Å². The molecule has 0 radical (unpaired) electrons. The molecule has 52 heavy (non-hydrogen) atoms. The Balaban J connectivity index is 1.26. The molecular formula is C41H38Cl2FN5O3. The Hall–Kier alpha value is -4.36. The number of nitriles is 1. The van der Waals surface area contributed by atoms with Crippen LogP contribution in [-0.4, -0.2) is 52.7 Å². The maximum absolute atomic E-state index is 17.2. The van der Waals surface area contributed by atoms with E-state index in [1.165, 1.54) is 0 Å². The number of aryl methyl sites for hydroxylation is 2. The number of pyridine rings is 1. The van der Waals surface area contributed by atoms with Crippen LogP contribution in [-0.2, 0) is 11.2 Å². The van der Waals surface area contributed by atoms with Gasteiger partial charge < -0.3 is 24.3 Å². The number of aromatic nitrogens is 2. The molecule has 5 aliphatic rings. The Morgan fingerprint density at radius 3 is 2.62 bits per heavy atom. The number of hydrogen-bond donors (Lipinski definition) is 1. The van der Waals surface area contributed by atoms with Gasteiger partial charge in [-0.05, 0) is 74.4 Å². The molecule has 2 aromatic heterocycles. The van der Waals surface area contributed by atoms with Gasteiger partial charge in [0.25, 0.3) is 0 Å². The van der Waals surface area contributed by atoms with Crippen molar-refractivity contribution in [2.45, 2.75) is 69.7 Å². The minimum atomic E-state index is -0.486. The number of carbonyl (C=O) groups is 1. The van der Waals surface area contributed by atoms with Gasteiger partial charge in [-0.2, -0.15) is 5.26 Å². The highest BCUT2D eigenvalue weighted by atomic mass is 35.5. The summed E-state index contributed by atoms with van der Waals surface area (Å²) in [5, 5.41) is 15.5. The summed E-state index contributed by atoms with van der Waals surface area (Å²) in [6, 6.07) is 19.4. The van der Waals surface area contributed by atoms with Crippen molar-refractivity contribution in [3.8, 4) is 28.7 Å². The molecule has 5 aromatic rings. The van der Waals surface area contributed by atoms with Crippen molar-refractivity contribution < 1.29 is 18.7 Å². The Bertz CT molecular complexity index is 2300. The average molecular weight is 739 g/mol. The summed E-state index contributed by atoms with van der Waals surface area (Å²) in [6.45, 7) is 3.29. The molecule has 2 saturated carbocycles. The van der Waals surface area contributed by atoms with Gasteiger partial charge in [-0.3, -0.25) is 4.79 Å². The van der Waals surface area contributed by atoms with Crippen LogP contribution in [0.3, 0.4) is 0 Å². The van der Waals surface area contributed by atoms with Gasteiger partial charge in [0.15, 0.2) is 17.3 Å². The monoisotopic (exact) mass is 737 g/mol. The number of halogens is 3. The lowest BCUT2D eigenvalue weighted by atomic mass is 9.79. The van der Waals surface area contributed by atoms with E-state index in [1.54, 1.807) is 25.3 Å². The molecule has 1 N–H and O–H groups in total. The molecular weight excluding hydrogens is 700 g/mol. The summed E-state index contributed by atoms with van der Waals surface area (Å²) < 4.78 is 31.8. The molecule has 266 valence electrons. The minimum Gasteiger partial charge on any atom is -0.493 e. The lowest BCUT2D eigenvalue weighted by Gasteiger charge is -2.39. The van der Waals surface area contributed by atoms with E-state index in [-0.39, 0.29) is 53.0 Å². The third-order valence-electron chi connectivity index (χ3n) is 11.6. The van der Waals surface area contributed by atoms with E-state index in [9.17, 15) is 10.1 Å². The second kappa shape index (κ2) is 12.9. The number of benzene rings is 3. The third-order valence-corrected chi connectivity index (χ3v) is 12.4. The maximum atomic E-state index is 17.2. The second-order valence-corrected chi connectivity index (χ2v) is 15.5. The van der Waals surface area contributed by atoms with Gasteiger partial charge in [-0.25, -0.2) is 9.37 Å². The van der Waals surface area contributed by atoms with Crippen molar-refractivity contribution in [3.63, 3.8) is 0 Å². The highest BCUT2D eigenvalue weighted by molar-refractivity contribution is 6.43. The van der Waals surface area contributed by atoms with Gasteiger partial charge in [0.1, 0.15) is 11.6 Å². The summed E-state index contributed by atoms with van der Waals surface area (Å²) >= 11 is 13.1. The number of rotatable bonds is 9. The molecule has 2 aliphatic carbocycles. The topological polar surface area (TPSA) is 92.4 Å². The first-order chi connectivity index (χ1) is 25.3. The van der Waals surface area contributed by atoms with Gasteiger partial charge >= 0.3 is 0 Å². The van der Waals surface area contributed by atoms with Crippen LogP contribution >= 0.6 is 23.2 Å². The third kappa shape index (κ3) is 5.33. The van der Waals surface area contributed by atoms with Crippen molar-refractivity contribution >= 4 is 50.9 Å². The zero-order valence-electron chi connectivity index (χ0n) is 29.0. The summed E-state index contributed by atoms with van der Waals surface area (Å²) in [5.74, 6) is 1.42. The highest BCUT2D eigenvalue weighted by Crippen LogP contribution is 2.51. The zero-order chi connectivity index (χ0) is 35.8. The van der Waals surface area contributed by atoms with Crippen molar-refractivity contribution in [2.24, 2.45) is 11.8 Å². The first kappa shape index (κ1) is 33.5. The average Bonchev–Trinajstić information content (AvgIpc) is 3.43. The fraction of sp³-hybridized carbons (Fsp3) is 0.390. The van der Waals surface area contributed by atoms with Crippen molar-refractivity contribution in [1.82, 2.24) is 19.8 Å². The number of carbonyl (C=O) groups excluding carboxylic acids is 1. The van der Waals surface area contributed by atoms with Crippen LogP contribution in [0.15, 0.2) is 54.6 Å². The number of fused-ring (bicyclic) bond motifs is 4. The Labute approximate surface area is 311 Å². The van der Waals surface area contributed by atoms with Crippen LogP contribution in [0, 0.1) is 35.9 Å². The SMILES string of the molecule is COc1ccccc1OC1CC(c2cc3c(C)nc4c(F)c(-c5cccc(Cl)c5Cl)c(CCC#N)cc4c3n2C2C3CNC2C3)N(C(=O)C2CC2)C1. The van der Waals surface area contributed by atoms with Crippen molar-refractivity contribution in [2.75, 3.05) is 20.2 Å². The van der Waals surface area contributed by atoms with Crippen LogP contribution in [0.4, 0.5) is 4.39 Å². The fourth-order valence-electron chi connectivity index (χ4n) is 8.97. The quantitative estimate of drug-likeness (QED) is 0.163. The molecule has 10 rings (SSSR count). The second-order valence-electron chi connectivity index (χ2n) is 14.7. The molecule has 5 atom stereocenters. The number of para-hydroxylation sites is 2. The molecule has 5 unspecified atom stereocenters. The van der Waals surface area contributed by atoms with E-state index < -0.39 is 5.82 Å². The summed E-state index contributed by atoms with van der Waals surface area (Å²) in [6.07, 6.45) is 3.76. The van der Waals surface area contributed by atoms with Crippen LogP contribution in [0.2, 0.25) is 10.0 Å². The van der Waals surface area contributed by atoms with E-state index >= 15 is 4.39 Å². The molecule has 8 nitrogen and oxygen atoms in total.